The van der Waals surface area contributed by atoms with E-state index in [0.717, 1.165) is 0 Å². The van der Waals surface area contributed by atoms with E-state index in [1.807, 2.05) is 13.8 Å². The van der Waals surface area contributed by atoms with Crippen molar-refractivity contribution in [2.75, 3.05) is 0 Å². The molecule has 2 aromatic rings. The lowest BCUT2D eigenvalue weighted by Gasteiger charge is -2.11. The summed E-state index contributed by atoms with van der Waals surface area (Å²) in [6.45, 7) is 3.69. The van der Waals surface area contributed by atoms with Crippen LogP contribution in [0.25, 0.3) is 5.69 Å². The van der Waals surface area contributed by atoms with Crippen molar-refractivity contribution in [3.05, 3.63) is 51.8 Å². The fourth-order valence-electron chi connectivity index (χ4n) is 2.02. The van der Waals surface area contributed by atoms with Crippen molar-refractivity contribution >= 4 is 11.7 Å². The molecule has 1 N–H and O–H groups in total. The predicted octanol–water partition coefficient (Wildman–Crippen LogP) is 2.60. The molecule has 0 aliphatic carbocycles. The van der Waals surface area contributed by atoms with Gasteiger partial charge in [-0.25, -0.2) is 9.48 Å². The number of carboxylic acids is 1. The molecule has 0 saturated heterocycles. The average Bonchev–Trinajstić information content (AvgIpc) is 2.83. The average molecular weight is 275 g/mol. The molecule has 2 rings (SSSR count). The van der Waals surface area contributed by atoms with Crippen LogP contribution in [0.2, 0.25) is 0 Å². The summed E-state index contributed by atoms with van der Waals surface area (Å²) in [7, 11) is 0. The fraction of sp³-hybridized carbons (Fsp3) is 0.231. The van der Waals surface area contributed by atoms with Crippen LogP contribution >= 0.6 is 0 Å². The number of aromatic nitrogens is 2. The molecule has 0 fully saturated rings. The van der Waals surface area contributed by atoms with E-state index >= 15 is 0 Å². The van der Waals surface area contributed by atoms with E-state index in [1.54, 1.807) is 12.1 Å². The van der Waals surface area contributed by atoms with Gasteiger partial charge in [0.2, 0.25) is 0 Å². The zero-order valence-electron chi connectivity index (χ0n) is 11.0. The number of nitro benzene ring substituents is 1. The van der Waals surface area contributed by atoms with Crippen LogP contribution < -0.4 is 0 Å². The van der Waals surface area contributed by atoms with Crippen LogP contribution in [0.3, 0.4) is 0 Å². The first kappa shape index (κ1) is 13.7. The van der Waals surface area contributed by atoms with Gasteiger partial charge in [0.1, 0.15) is 5.56 Å². The molecule has 104 valence electrons. The molecule has 1 aromatic carbocycles. The number of carboxylic acid groups (broad SMARTS) is 1. The van der Waals surface area contributed by atoms with E-state index in [-0.39, 0.29) is 17.2 Å². The van der Waals surface area contributed by atoms with Crippen LogP contribution in [0.1, 0.15) is 35.8 Å². The number of benzene rings is 1. The van der Waals surface area contributed by atoms with Gasteiger partial charge in [0.25, 0.3) is 5.69 Å². The summed E-state index contributed by atoms with van der Waals surface area (Å²) in [6, 6.07) is 5.93. The SMILES string of the molecule is CC(C)c1c(C(=O)O)cnn1-c1cccc([N+](=O)[O-])c1. The normalized spacial score (nSPS) is 10.8. The monoisotopic (exact) mass is 275 g/mol. The maximum atomic E-state index is 11.2. The van der Waals surface area contributed by atoms with E-state index in [1.165, 1.54) is 23.0 Å². The van der Waals surface area contributed by atoms with Gasteiger partial charge in [-0.1, -0.05) is 19.9 Å². The Kier molecular flexibility index (Phi) is 3.51. The number of non-ortho nitro benzene ring substituents is 1. The van der Waals surface area contributed by atoms with Crippen molar-refractivity contribution in [1.82, 2.24) is 9.78 Å². The maximum absolute atomic E-state index is 11.2. The number of nitrogens with zero attached hydrogens (tertiary/aromatic N) is 3. The van der Waals surface area contributed by atoms with Crippen LogP contribution in [-0.4, -0.2) is 25.8 Å². The number of carbonyl (C=O) groups is 1. The Morgan fingerprint density at radius 3 is 2.70 bits per heavy atom. The van der Waals surface area contributed by atoms with Gasteiger partial charge in [-0.05, 0) is 12.0 Å². The molecule has 0 bridgehead atoms. The van der Waals surface area contributed by atoms with Gasteiger partial charge < -0.3 is 5.11 Å². The van der Waals surface area contributed by atoms with Crippen molar-refractivity contribution in [2.24, 2.45) is 0 Å². The molecule has 0 unspecified atom stereocenters. The summed E-state index contributed by atoms with van der Waals surface area (Å²) >= 11 is 0. The summed E-state index contributed by atoms with van der Waals surface area (Å²) in [5.41, 5.74) is 1.02. The zero-order chi connectivity index (χ0) is 14.9. The second-order valence-electron chi connectivity index (χ2n) is 4.59. The zero-order valence-corrected chi connectivity index (χ0v) is 11.0. The van der Waals surface area contributed by atoms with E-state index in [0.29, 0.717) is 11.4 Å². The van der Waals surface area contributed by atoms with Gasteiger partial charge >= 0.3 is 5.97 Å². The van der Waals surface area contributed by atoms with Crippen molar-refractivity contribution in [1.29, 1.82) is 0 Å². The second kappa shape index (κ2) is 5.12. The Labute approximate surface area is 114 Å². The highest BCUT2D eigenvalue weighted by Gasteiger charge is 2.21. The molecule has 7 heteroatoms. The molecule has 0 aliphatic heterocycles. The minimum Gasteiger partial charge on any atom is -0.478 e. The third-order valence-corrected chi connectivity index (χ3v) is 2.87. The molecule has 0 spiro atoms. The van der Waals surface area contributed by atoms with Crippen molar-refractivity contribution < 1.29 is 14.8 Å². The van der Waals surface area contributed by atoms with E-state index in [2.05, 4.69) is 5.10 Å². The Hall–Kier alpha value is -2.70. The summed E-state index contributed by atoms with van der Waals surface area (Å²) < 4.78 is 1.43. The summed E-state index contributed by atoms with van der Waals surface area (Å²) in [5.74, 6) is -1.15. The van der Waals surface area contributed by atoms with Crippen molar-refractivity contribution in [3.63, 3.8) is 0 Å². The number of rotatable bonds is 4. The first-order chi connectivity index (χ1) is 9.41. The lowest BCUT2D eigenvalue weighted by molar-refractivity contribution is -0.384. The number of aromatic carboxylic acids is 1. The molecule has 0 amide bonds. The second-order valence-corrected chi connectivity index (χ2v) is 4.59. The van der Waals surface area contributed by atoms with E-state index in [9.17, 15) is 14.9 Å². The van der Waals surface area contributed by atoms with Crippen LogP contribution in [-0.2, 0) is 0 Å². The Bertz CT molecular complexity index is 676. The van der Waals surface area contributed by atoms with Gasteiger partial charge in [0.05, 0.1) is 22.5 Å². The van der Waals surface area contributed by atoms with Crippen LogP contribution in [0, 0.1) is 10.1 Å². The molecule has 0 saturated carbocycles. The summed E-state index contributed by atoms with van der Waals surface area (Å²) in [4.78, 5) is 21.5. The fourth-order valence-corrected chi connectivity index (χ4v) is 2.02. The highest BCUT2D eigenvalue weighted by molar-refractivity contribution is 5.89. The van der Waals surface area contributed by atoms with Gasteiger partial charge in [-0.3, -0.25) is 10.1 Å². The molecular weight excluding hydrogens is 262 g/mol. The molecular formula is C13H13N3O4. The largest absolute Gasteiger partial charge is 0.478 e. The van der Waals surface area contributed by atoms with Gasteiger partial charge in [-0.2, -0.15) is 5.10 Å². The maximum Gasteiger partial charge on any atom is 0.339 e. The topological polar surface area (TPSA) is 98.3 Å². The Morgan fingerprint density at radius 2 is 2.15 bits per heavy atom. The Balaban J connectivity index is 2.61. The third-order valence-electron chi connectivity index (χ3n) is 2.87. The highest BCUT2D eigenvalue weighted by Crippen LogP contribution is 2.24. The number of hydrogen-bond donors (Lipinski definition) is 1. The molecule has 0 aliphatic rings. The molecule has 20 heavy (non-hydrogen) atoms. The van der Waals surface area contributed by atoms with Crippen LogP contribution in [0.5, 0.6) is 0 Å². The first-order valence-corrected chi connectivity index (χ1v) is 5.98. The molecule has 1 aromatic heterocycles. The summed E-state index contributed by atoms with van der Waals surface area (Å²) in [5, 5.41) is 24.0. The van der Waals surface area contributed by atoms with E-state index < -0.39 is 10.9 Å². The Morgan fingerprint density at radius 1 is 1.45 bits per heavy atom. The lowest BCUT2D eigenvalue weighted by Crippen LogP contribution is -2.08. The highest BCUT2D eigenvalue weighted by atomic mass is 16.6. The number of hydrogen-bond acceptors (Lipinski definition) is 4. The predicted molar refractivity (Wildman–Crippen MR) is 71.3 cm³/mol. The van der Waals surface area contributed by atoms with Crippen molar-refractivity contribution in [3.8, 4) is 5.69 Å². The first-order valence-electron chi connectivity index (χ1n) is 5.98. The standard InChI is InChI=1S/C13H13N3O4/c1-8(2)12-11(13(17)18)7-14-15(12)9-4-3-5-10(6-9)16(19)20/h3-8H,1-2H3,(H,17,18). The lowest BCUT2D eigenvalue weighted by atomic mass is 10.1. The minimum absolute atomic E-state index is 0.0652. The van der Waals surface area contributed by atoms with E-state index in [4.69, 9.17) is 5.11 Å². The molecule has 0 atom stereocenters. The molecule has 1 heterocycles. The molecule has 7 nitrogen and oxygen atoms in total. The van der Waals surface area contributed by atoms with Crippen molar-refractivity contribution in [2.45, 2.75) is 19.8 Å². The number of nitro groups is 1. The quantitative estimate of drug-likeness (QED) is 0.683. The summed E-state index contributed by atoms with van der Waals surface area (Å²) in [6.07, 6.45) is 1.26. The van der Waals surface area contributed by atoms with Gasteiger partial charge in [-0.15, -0.1) is 0 Å². The minimum atomic E-state index is -1.06. The van der Waals surface area contributed by atoms with Crippen LogP contribution in [0.4, 0.5) is 5.69 Å². The van der Waals surface area contributed by atoms with Gasteiger partial charge in [0.15, 0.2) is 0 Å². The van der Waals surface area contributed by atoms with Crippen LogP contribution in [0.15, 0.2) is 30.5 Å². The smallest absolute Gasteiger partial charge is 0.339 e. The van der Waals surface area contributed by atoms with Gasteiger partial charge in [0, 0.05) is 12.1 Å². The third kappa shape index (κ3) is 2.37. The molecule has 0 radical (unpaired) electrons.